The first-order valence-electron chi connectivity index (χ1n) is 9.22. The molecule has 0 aliphatic carbocycles. The van der Waals surface area contributed by atoms with Crippen molar-refractivity contribution in [3.63, 3.8) is 0 Å². The Hall–Kier alpha value is -1.95. The second-order valence-electron chi connectivity index (χ2n) is 7.55. The molecule has 6 heteroatoms. The van der Waals surface area contributed by atoms with Crippen LogP contribution in [0.5, 0.6) is 0 Å². The van der Waals surface area contributed by atoms with Gasteiger partial charge in [-0.3, -0.25) is 9.59 Å². The molecular weight excluding hydrogens is 346 g/mol. The largest absolute Gasteiger partial charge is 0.357 e. The van der Waals surface area contributed by atoms with Crippen LogP contribution in [-0.2, 0) is 16.6 Å². The Balaban J connectivity index is 1.30. The number of rotatable bonds is 3. The van der Waals surface area contributed by atoms with Gasteiger partial charge in [-0.05, 0) is 41.7 Å². The molecule has 4 heterocycles. The maximum atomic E-state index is 12.7. The maximum Gasteiger partial charge on any atom is 0.247 e. The average Bonchev–Trinajstić information content (AvgIpc) is 3.35. The van der Waals surface area contributed by atoms with Gasteiger partial charge < -0.3 is 14.4 Å². The zero-order chi connectivity index (χ0) is 18.3. The normalized spacial score (nSPS) is 25.6. The van der Waals surface area contributed by atoms with E-state index in [-0.39, 0.29) is 17.1 Å². The van der Waals surface area contributed by atoms with E-state index in [0.29, 0.717) is 31.4 Å². The number of thioether (sulfide) groups is 1. The van der Waals surface area contributed by atoms with E-state index in [4.69, 9.17) is 0 Å². The van der Waals surface area contributed by atoms with Crippen molar-refractivity contribution in [2.75, 3.05) is 26.2 Å². The second kappa shape index (κ2) is 6.99. The summed E-state index contributed by atoms with van der Waals surface area (Å²) in [5, 5.41) is 0.729. The highest BCUT2D eigenvalue weighted by Crippen LogP contribution is 2.36. The van der Waals surface area contributed by atoms with Crippen LogP contribution in [0.2, 0.25) is 0 Å². The lowest BCUT2D eigenvalue weighted by Crippen LogP contribution is -2.39. The number of carbonyl (C=O) groups is 2. The highest BCUT2D eigenvalue weighted by molar-refractivity contribution is 8.01. The van der Waals surface area contributed by atoms with E-state index in [1.165, 1.54) is 11.1 Å². The molecule has 1 saturated heterocycles. The number of hydrogen-bond acceptors (Lipinski definition) is 3. The Morgan fingerprint density at radius 2 is 1.81 bits per heavy atom. The second-order valence-corrected chi connectivity index (χ2v) is 9.20. The van der Waals surface area contributed by atoms with Crippen LogP contribution in [0.15, 0.2) is 35.7 Å². The number of aromatic nitrogens is 1. The van der Waals surface area contributed by atoms with Crippen LogP contribution >= 0.6 is 11.8 Å². The van der Waals surface area contributed by atoms with Crippen molar-refractivity contribution in [3.8, 4) is 0 Å². The van der Waals surface area contributed by atoms with Gasteiger partial charge >= 0.3 is 0 Å². The predicted octanol–water partition coefficient (Wildman–Crippen LogP) is 2.30. The molecule has 1 aromatic heterocycles. The summed E-state index contributed by atoms with van der Waals surface area (Å²) in [6.45, 7) is 4.92. The van der Waals surface area contributed by atoms with Crippen LogP contribution in [-0.4, -0.2) is 62.9 Å². The van der Waals surface area contributed by atoms with Gasteiger partial charge in [0.15, 0.2) is 0 Å². The van der Waals surface area contributed by atoms with Crippen LogP contribution in [0.3, 0.4) is 0 Å². The summed E-state index contributed by atoms with van der Waals surface area (Å²) in [5.41, 5.74) is 3.55. The third kappa shape index (κ3) is 3.47. The van der Waals surface area contributed by atoms with Gasteiger partial charge in [0.25, 0.3) is 0 Å². The number of aryl methyl sites for hydroxylation is 1. The first-order chi connectivity index (χ1) is 12.5. The Kier molecular flexibility index (Phi) is 4.69. The Bertz CT molecular complexity index is 777. The molecule has 1 fully saturated rings. The van der Waals surface area contributed by atoms with Crippen molar-refractivity contribution in [2.24, 2.45) is 7.05 Å². The van der Waals surface area contributed by atoms with Crippen LogP contribution < -0.4 is 0 Å². The summed E-state index contributed by atoms with van der Waals surface area (Å²) in [5.74, 6) is 0.330. The third-order valence-corrected chi connectivity index (χ3v) is 6.90. The van der Waals surface area contributed by atoms with Crippen LogP contribution in [0.4, 0.5) is 0 Å². The van der Waals surface area contributed by atoms with E-state index < -0.39 is 0 Å². The first kappa shape index (κ1) is 17.5. The van der Waals surface area contributed by atoms with Crippen molar-refractivity contribution < 1.29 is 9.59 Å². The molecule has 2 amide bonds. The highest BCUT2D eigenvalue weighted by Gasteiger charge is 2.37. The molecule has 0 aromatic carbocycles. The standard InChI is InChI=1S/C20H25N3O2S/c1-14-3-5-18(26-14)20(25)23-12-16-10-22(11-17(16)13-23)19(24)6-4-15-7-8-21(2)9-15/h4,6-9,14,18H,3,5,10-13H2,1-2H3/b6-4+. The molecule has 1 aromatic rings. The van der Waals surface area contributed by atoms with Gasteiger partial charge in [0.2, 0.25) is 11.8 Å². The van der Waals surface area contributed by atoms with Gasteiger partial charge in [-0.15, -0.1) is 11.8 Å². The molecule has 0 bridgehead atoms. The molecule has 26 heavy (non-hydrogen) atoms. The van der Waals surface area contributed by atoms with Crippen LogP contribution in [0, 0.1) is 0 Å². The number of amides is 2. The number of nitrogens with zero attached hydrogens (tertiary/aromatic N) is 3. The Morgan fingerprint density at radius 3 is 2.38 bits per heavy atom. The van der Waals surface area contributed by atoms with Gasteiger partial charge in [0.05, 0.1) is 5.25 Å². The molecule has 0 N–H and O–H groups in total. The van der Waals surface area contributed by atoms with Gasteiger partial charge in [0, 0.05) is 56.9 Å². The molecule has 2 atom stereocenters. The fourth-order valence-corrected chi connectivity index (χ4v) is 5.35. The van der Waals surface area contributed by atoms with Crippen molar-refractivity contribution in [1.82, 2.24) is 14.4 Å². The van der Waals surface area contributed by atoms with Crippen LogP contribution in [0.25, 0.3) is 6.08 Å². The SMILES string of the molecule is CC1CCC(C(=O)N2CC3=C(CN(C(=O)/C=C/c4ccn(C)c4)C3)C2)S1. The van der Waals surface area contributed by atoms with Crippen LogP contribution in [0.1, 0.15) is 25.3 Å². The lowest BCUT2D eigenvalue weighted by Gasteiger charge is -2.24. The van der Waals surface area contributed by atoms with Crippen molar-refractivity contribution in [2.45, 2.75) is 30.3 Å². The summed E-state index contributed by atoms with van der Waals surface area (Å²) in [4.78, 5) is 29.0. The molecule has 4 rings (SSSR count). The number of hydrogen-bond donors (Lipinski definition) is 0. The average molecular weight is 372 g/mol. The smallest absolute Gasteiger partial charge is 0.247 e. The van der Waals surface area contributed by atoms with E-state index >= 15 is 0 Å². The minimum absolute atomic E-state index is 0.0429. The lowest BCUT2D eigenvalue weighted by molar-refractivity contribution is -0.129. The van der Waals surface area contributed by atoms with E-state index in [1.54, 1.807) is 6.08 Å². The summed E-state index contributed by atoms with van der Waals surface area (Å²) in [6.07, 6.45) is 9.60. The summed E-state index contributed by atoms with van der Waals surface area (Å²) in [6, 6.07) is 1.98. The zero-order valence-electron chi connectivity index (χ0n) is 15.4. The lowest BCUT2D eigenvalue weighted by atomic mass is 10.2. The Morgan fingerprint density at radius 1 is 1.12 bits per heavy atom. The highest BCUT2D eigenvalue weighted by atomic mass is 32.2. The van der Waals surface area contributed by atoms with Gasteiger partial charge in [-0.25, -0.2) is 0 Å². The molecule has 0 radical (unpaired) electrons. The van der Waals surface area contributed by atoms with E-state index in [1.807, 2.05) is 57.7 Å². The van der Waals surface area contributed by atoms with E-state index in [0.717, 1.165) is 18.4 Å². The minimum Gasteiger partial charge on any atom is -0.357 e. The summed E-state index contributed by atoms with van der Waals surface area (Å²) < 4.78 is 1.96. The van der Waals surface area contributed by atoms with Gasteiger partial charge in [-0.1, -0.05) is 6.92 Å². The zero-order valence-corrected chi connectivity index (χ0v) is 16.2. The van der Waals surface area contributed by atoms with Crippen molar-refractivity contribution in [1.29, 1.82) is 0 Å². The quantitative estimate of drug-likeness (QED) is 0.605. The third-order valence-electron chi connectivity index (χ3n) is 5.43. The number of carbonyl (C=O) groups excluding carboxylic acids is 2. The maximum absolute atomic E-state index is 12.7. The molecule has 3 aliphatic heterocycles. The summed E-state index contributed by atoms with van der Waals surface area (Å²) >= 11 is 1.82. The topological polar surface area (TPSA) is 45.6 Å². The van der Waals surface area contributed by atoms with Gasteiger partial charge in [-0.2, -0.15) is 0 Å². The molecule has 5 nitrogen and oxygen atoms in total. The molecule has 2 unspecified atom stereocenters. The monoisotopic (exact) mass is 371 g/mol. The van der Waals surface area contributed by atoms with E-state index in [9.17, 15) is 9.59 Å². The molecular formula is C20H25N3O2S. The Labute approximate surface area is 158 Å². The minimum atomic E-state index is 0.0429. The molecule has 138 valence electrons. The first-order valence-corrected chi connectivity index (χ1v) is 10.2. The van der Waals surface area contributed by atoms with E-state index in [2.05, 4.69) is 6.92 Å². The predicted molar refractivity (Wildman–Crippen MR) is 105 cm³/mol. The van der Waals surface area contributed by atoms with Crippen molar-refractivity contribution in [3.05, 3.63) is 41.2 Å². The van der Waals surface area contributed by atoms with Crippen molar-refractivity contribution >= 4 is 29.7 Å². The molecule has 0 spiro atoms. The summed E-state index contributed by atoms with van der Waals surface area (Å²) in [7, 11) is 1.96. The molecule has 3 aliphatic rings. The molecule has 0 saturated carbocycles. The van der Waals surface area contributed by atoms with Gasteiger partial charge in [0.1, 0.15) is 0 Å². The fourth-order valence-electron chi connectivity index (χ4n) is 3.98. The fraction of sp³-hybridized carbons (Fsp3) is 0.500.